The van der Waals surface area contributed by atoms with Crippen LogP contribution in [0.15, 0.2) is 36.4 Å². The SMILES string of the molecule is CNC(Cc1ccc(F)c(Cl)c1)c1ccc(Cl)c(Cl)c1. The summed E-state index contributed by atoms with van der Waals surface area (Å²) in [5, 5.41) is 4.38. The lowest BCUT2D eigenvalue weighted by Gasteiger charge is -2.17. The molecule has 0 fully saturated rings. The lowest BCUT2D eigenvalue weighted by Crippen LogP contribution is -2.18. The number of hydrogen-bond donors (Lipinski definition) is 1. The smallest absolute Gasteiger partial charge is 0.141 e. The van der Waals surface area contributed by atoms with Crippen molar-refractivity contribution in [3.05, 3.63) is 68.4 Å². The molecule has 0 radical (unpaired) electrons. The zero-order chi connectivity index (χ0) is 14.7. The van der Waals surface area contributed by atoms with Crippen molar-refractivity contribution >= 4 is 34.8 Å². The normalized spacial score (nSPS) is 12.4. The van der Waals surface area contributed by atoms with E-state index in [0.29, 0.717) is 16.5 Å². The van der Waals surface area contributed by atoms with Crippen molar-refractivity contribution in [3.63, 3.8) is 0 Å². The summed E-state index contributed by atoms with van der Waals surface area (Å²) >= 11 is 17.7. The molecule has 0 spiro atoms. The molecule has 0 aromatic heterocycles. The zero-order valence-electron chi connectivity index (χ0n) is 10.8. The third-order valence-corrected chi connectivity index (χ3v) is 4.15. The summed E-state index contributed by atoms with van der Waals surface area (Å²) < 4.78 is 13.2. The van der Waals surface area contributed by atoms with Crippen molar-refractivity contribution in [2.45, 2.75) is 12.5 Å². The van der Waals surface area contributed by atoms with Crippen molar-refractivity contribution in [2.24, 2.45) is 0 Å². The molecule has 5 heteroatoms. The molecule has 0 amide bonds. The molecule has 2 rings (SSSR count). The van der Waals surface area contributed by atoms with Crippen LogP contribution in [0.5, 0.6) is 0 Å². The van der Waals surface area contributed by atoms with Crippen LogP contribution in [0.3, 0.4) is 0 Å². The average Bonchev–Trinajstić information content (AvgIpc) is 2.43. The van der Waals surface area contributed by atoms with Gasteiger partial charge in [0.1, 0.15) is 5.82 Å². The average molecular weight is 333 g/mol. The Hall–Kier alpha value is -0.800. The standard InChI is InChI=1S/C15H13Cl3FN/c1-20-15(10-3-4-11(16)12(17)8-10)7-9-2-5-14(19)13(18)6-9/h2-6,8,15,20H,7H2,1H3. The Labute approximate surface area is 132 Å². The molecule has 0 saturated carbocycles. The molecule has 0 aliphatic rings. The Kier molecular flexibility index (Phi) is 5.28. The Morgan fingerprint density at radius 3 is 2.35 bits per heavy atom. The first kappa shape index (κ1) is 15.6. The van der Waals surface area contributed by atoms with Gasteiger partial charge in [-0.3, -0.25) is 0 Å². The van der Waals surface area contributed by atoms with Crippen LogP contribution in [0.25, 0.3) is 0 Å². The van der Waals surface area contributed by atoms with Crippen molar-refractivity contribution in [1.82, 2.24) is 5.32 Å². The third kappa shape index (κ3) is 3.64. The molecule has 106 valence electrons. The molecule has 0 bridgehead atoms. The molecular weight excluding hydrogens is 320 g/mol. The fraction of sp³-hybridized carbons (Fsp3) is 0.200. The van der Waals surface area contributed by atoms with Gasteiger partial charge in [0.25, 0.3) is 0 Å². The molecule has 2 aromatic carbocycles. The van der Waals surface area contributed by atoms with Gasteiger partial charge in [0.05, 0.1) is 15.1 Å². The monoisotopic (exact) mass is 331 g/mol. The van der Waals surface area contributed by atoms with Crippen molar-refractivity contribution in [3.8, 4) is 0 Å². The van der Waals surface area contributed by atoms with Gasteiger partial charge in [0.15, 0.2) is 0 Å². The van der Waals surface area contributed by atoms with Crippen LogP contribution in [0.1, 0.15) is 17.2 Å². The minimum atomic E-state index is -0.411. The molecule has 1 nitrogen and oxygen atoms in total. The van der Waals surface area contributed by atoms with E-state index in [1.165, 1.54) is 6.07 Å². The molecule has 0 aliphatic heterocycles. The van der Waals surface area contributed by atoms with Gasteiger partial charge >= 0.3 is 0 Å². The topological polar surface area (TPSA) is 12.0 Å². The second kappa shape index (κ2) is 6.77. The highest BCUT2D eigenvalue weighted by molar-refractivity contribution is 6.42. The predicted molar refractivity (Wildman–Crippen MR) is 83.4 cm³/mol. The lowest BCUT2D eigenvalue weighted by atomic mass is 9.99. The number of nitrogens with one attached hydrogen (secondary N) is 1. The molecule has 1 unspecified atom stereocenters. The van der Waals surface area contributed by atoms with E-state index in [1.807, 2.05) is 19.2 Å². The Bertz CT molecular complexity index is 616. The highest BCUT2D eigenvalue weighted by Gasteiger charge is 2.12. The van der Waals surface area contributed by atoms with Crippen LogP contribution < -0.4 is 5.32 Å². The van der Waals surface area contributed by atoms with E-state index in [9.17, 15) is 4.39 Å². The maximum atomic E-state index is 13.2. The summed E-state index contributed by atoms with van der Waals surface area (Å²) in [4.78, 5) is 0. The number of hydrogen-bond acceptors (Lipinski definition) is 1. The largest absolute Gasteiger partial charge is 0.313 e. The van der Waals surface area contributed by atoms with E-state index in [0.717, 1.165) is 11.1 Å². The van der Waals surface area contributed by atoms with E-state index in [2.05, 4.69) is 5.32 Å². The van der Waals surface area contributed by atoms with Gasteiger partial charge in [-0.05, 0) is 48.9 Å². The summed E-state index contributed by atoms with van der Waals surface area (Å²) in [7, 11) is 1.86. The number of rotatable bonds is 4. The maximum absolute atomic E-state index is 13.2. The highest BCUT2D eigenvalue weighted by Crippen LogP contribution is 2.28. The summed E-state index contributed by atoms with van der Waals surface area (Å²) in [6.45, 7) is 0. The van der Waals surface area contributed by atoms with E-state index in [1.54, 1.807) is 18.2 Å². The number of halogens is 4. The molecule has 0 saturated heterocycles. The summed E-state index contributed by atoms with van der Waals surface area (Å²) in [5.41, 5.74) is 1.96. The van der Waals surface area contributed by atoms with Crippen molar-refractivity contribution < 1.29 is 4.39 Å². The quantitative estimate of drug-likeness (QED) is 0.802. The second-order valence-corrected chi connectivity index (χ2v) is 5.69. The van der Waals surface area contributed by atoms with Gasteiger partial charge in [0, 0.05) is 6.04 Å². The fourth-order valence-electron chi connectivity index (χ4n) is 2.02. The molecular formula is C15H13Cl3FN. The van der Waals surface area contributed by atoms with Crippen LogP contribution in [0, 0.1) is 5.82 Å². The van der Waals surface area contributed by atoms with Crippen LogP contribution in [-0.4, -0.2) is 7.05 Å². The Morgan fingerprint density at radius 1 is 1.00 bits per heavy atom. The minimum absolute atomic E-state index is 0.0475. The van der Waals surface area contributed by atoms with Crippen molar-refractivity contribution in [1.29, 1.82) is 0 Å². The Morgan fingerprint density at radius 2 is 1.75 bits per heavy atom. The van der Waals surface area contributed by atoms with E-state index in [4.69, 9.17) is 34.8 Å². The molecule has 20 heavy (non-hydrogen) atoms. The number of likely N-dealkylation sites (N-methyl/N-ethyl adjacent to an activating group) is 1. The first-order valence-corrected chi connectivity index (χ1v) is 7.21. The molecule has 0 heterocycles. The van der Waals surface area contributed by atoms with Crippen LogP contribution in [0.4, 0.5) is 4.39 Å². The van der Waals surface area contributed by atoms with Gasteiger partial charge < -0.3 is 5.32 Å². The first-order valence-electron chi connectivity index (χ1n) is 6.07. The summed E-state index contributed by atoms with van der Waals surface area (Å²) in [5.74, 6) is -0.411. The van der Waals surface area contributed by atoms with Gasteiger partial charge in [-0.15, -0.1) is 0 Å². The van der Waals surface area contributed by atoms with Gasteiger partial charge in [0.2, 0.25) is 0 Å². The van der Waals surface area contributed by atoms with Crippen LogP contribution in [0.2, 0.25) is 15.1 Å². The van der Waals surface area contributed by atoms with Gasteiger partial charge in [-0.25, -0.2) is 4.39 Å². The van der Waals surface area contributed by atoms with E-state index < -0.39 is 5.82 Å². The molecule has 1 N–H and O–H groups in total. The summed E-state index contributed by atoms with van der Waals surface area (Å²) in [6.07, 6.45) is 0.675. The van der Waals surface area contributed by atoms with Crippen molar-refractivity contribution in [2.75, 3.05) is 7.05 Å². The van der Waals surface area contributed by atoms with Gasteiger partial charge in [-0.2, -0.15) is 0 Å². The zero-order valence-corrected chi connectivity index (χ0v) is 13.0. The Balaban J connectivity index is 2.23. The van der Waals surface area contributed by atoms with E-state index in [-0.39, 0.29) is 11.1 Å². The molecule has 1 atom stereocenters. The third-order valence-electron chi connectivity index (χ3n) is 3.12. The van der Waals surface area contributed by atoms with Crippen LogP contribution >= 0.6 is 34.8 Å². The molecule has 2 aromatic rings. The molecule has 0 aliphatic carbocycles. The lowest BCUT2D eigenvalue weighted by molar-refractivity contribution is 0.589. The van der Waals surface area contributed by atoms with Gasteiger partial charge in [-0.1, -0.05) is 46.9 Å². The van der Waals surface area contributed by atoms with Crippen LogP contribution in [-0.2, 0) is 6.42 Å². The minimum Gasteiger partial charge on any atom is -0.313 e. The maximum Gasteiger partial charge on any atom is 0.141 e. The predicted octanol–water partition coefficient (Wildman–Crippen LogP) is 5.29. The fourth-order valence-corrected chi connectivity index (χ4v) is 2.53. The first-order chi connectivity index (χ1) is 9.51. The second-order valence-electron chi connectivity index (χ2n) is 4.47. The highest BCUT2D eigenvalue weighted by atomic mass is 35.5. The summed E-state index contributed by atoms with van der Waals surface area (Å²) in [6, 6.07) is 10.3. The van der Waals surface area contributed by atoms with E-state index >= 15 is 0 Å². The number of benzene rings is 2.